The fourth-order valence-electron chi connectivity index (χ4n) is 2.75. The van der Waals surface area contributed by atoms with Crippen LogP contribution in [0.5, 0.6) is 0 Å². The molecule has 144 valence electrons. The molecule has 0 bridgehead atoms. The first kappa shape index (κ1) is 21.0. The van der Waals surface area contributed by atoms with Gasteiger partial charge in [-0.2, -0.15) is 0 Å². The van der Waals surface area contributed by atoms with Gasteiger partial charge in [-0.05, 0) is 43.5 Å². The highest BCUT2D eigenvalue weighted by Gasteiger charge is 2.26. The molecule has 5 heteroatoms. The van der Waals surface area contributed by atoms with Crippen LogP contribution in [-0.2, 0) is 22.6 Å². The van der Waals surface area contributed by atoms with Crippen LogP contribution in [0.3, 0.4) is 0 Å². The molecule has 2 rings (SSSR count). The smallest absolute Gasteiger partial charge is 0.242 e. The van der Waals surface area contributed by atoms with Crippen molar-refractivity contribution < 1.29 is 9.59 Å². The monoisotopic (exact) mass is 386 g/mol. The van der Waals surface area contributed by atoms with Crippen molar-refractivity contribution in [3.8, 4) is 0 Å². The van der Waals surface area contributed by atoms with Gasteiger partial charge in [0, 0.05) is 17.6 Å². The van der Waals surface area contributed by atoms with E-state index in [4.69, 9.17) is 11.6 Å². The highest BCUT2D eigenvalue weighted by Crippen LogP contribution is 2.15. The molecule has 0 unspecified atom stereocenters. The lowest BCUT2D eigenvalue weighted by molar-refractivity contribution is -0.140. The second kappa shape index (κ2) is 10.1. The maximum atomic E-state index is 13.0. The fourth-order valence-corrected chi connectivity index (χ4v) is 2.96. The van der Waals surface area contributed by atoms with Crippen LogP contribution < -0.4 is 5.32 Å². The van der Waals surface area contributed by atoms with Crippen molar-refractivity contribution in [1.29, 1.82) is 0 Å². The Labute approximate surface area is 166 Å². The third-order valence-electron chi connectivity index (χ3n) is 4.61. The number of carbonyl (C=O) groups excluding carboxylic acids is 2. The Kier molecular flexibility index (Phi) is 7.86. The summed E-state index contributed by atoms with van der Waals surface area (Å²) in [6, 6.07) is 16.5. The molecule has 2 aromatic rings. The van der Waals surface area contributed by atoms with Gasteiger partial charge in [-0.15, -0.1) is 0 Å². The lowest BCUT2D eigenvalue weighted by Crippen LogP contribution is -2.49. The average Bonchev–Trinajstić information content (AvgIpc) is 2.66. The molecule has 0 saturated heterocycles. The van der Waals surface area contributed by atoms with Crippen LogP contribution in [0.2, 0.25) is 5.02 Å². The van der Waals surface area contributed by atoms with E-state index in [0.717, 1.165) is 17.5 Å². The second-order valence-electron chi connectivity index (χ2n) is 6.81. The zero-order valence-electron chi connectivity index (χ0n) is 16.1. The van der Waals surface area contributed by atoms with E-state index in [0.29, 0.717) is 11.6 Å². The zero-order valence-corrected chi connectivity index (χ0v) is 16.9. The molecule has 2 amide bonds. The summed E-state index contributed by atoms with van der Waals surface area (Å²) in [7, 11) is 0. The van der Waals surface area contributed by atoms with Crippen molar-refractivity contribution in [3.05, 3.63) is 70.7 Å². The summed E-state index contributed by atoms with van der Waals surface area (Å²) in [4.78, 5) is 27.3. The molecule has 1 N–H and O–H groups in total. The van der Waals surface area contributed by atoms with Crippen molar-refractivity contribution in [1.82, 2.24) is 10.2 Å². The van der Waals surface area contributed by atoms with Gasteiger partial charge >= 0.3 is 0 Å². The molecule has 0 aliphatic heterocycles. The summed E-state index contributed by atoms with van der Waals surface area (Å²) in [6.45, 7) is 6.13. The Bertz CT molecular complexity index is 764. The molecule has 0 saturated carbocycles. The number of carbonyl (C=O) groups is 2. The summed E-state index contributed by atoms with van der Waals surface area (Å²) >= 11 is 6.03. The number of hydrogen-bond donors (Lipinski definition) is 1. The SMILES string of the molecule is CC[C@@H](C)NC(=O)[C@@H](C)N(Cc1ccccc1)C(=O)Cc1cccc(Cl)c1. The van der Waals surface area contributed by atoms with Crippen molar-refractivity contribution in [2.45, 2.75) is 52.2 Å². The largest absolute Gasteiger partial charge is 0.352 e. The third kappa shape index (κ3) is 6.40. The van der Waals surface area contributed by atoms with Crippen LogP contribution >= 0.6 is 11.6 Å². The number of halogens is 1. The van der Waals surface area contributed by atoms with Gasteiger partial charge in [-0.25, -0.2) is 0 Å². The van der Waals surface area contributed by atoms with Crippen molar-refractivity contribution in [2.24, 2.45) is 0 Å². The Balaban J connectivity index is 2.20. The Morgan fingerprint density at radius 3 is 2.33 bits per heavy atom. The van der Waals surface area contributed by atoms with E-state index >= 15 is 0 Å². The van der Waals surface area contributed by atoms with Gasteiger partial charge in [0.25, 0.3) is 0 Å². The Hall–Kier alpha value is -2.33. The molecule has 2 aromatic carbocycles. The maximum absolute atomic E-state index is 13.0. The third-order valence-corrected chi connectivity index (χ3v) is 4.84. The van der Waals surface area contributed by atoms with Crippen LogP contribution in [-0.4, -0.2) is 28.8 Å². The molecule has 0 aliphatic rings. The second-order valence-corrected chi connectivity index (χ2v) is 7.24. The maximum Gasteiger partial charge on any atom is 0.242 e. The van der Waals surface area contributed by atoms with Gasteiger partial charge in [-0.3, -0.25) is 9.59 Å². The molecule has 0 radical (unpaired) electrons. The number of nitrogens with one attached hydrogen (secondary N) is 1. The molecule has 27 heavy (non-hydrogen) atoms. The quantitative estimate of drug-likeness (QED) is 0.738. The number of benzene rings is 2. The molecule has 0 spiro atoms. The van der Waals surface area contributed by atoms with E-state index in [1.807, 2.05) is 56.3 Å². The summed E-state index contributed by atoms with van der Waals surface area (Å²) in [5.74, 6) is -0.243. The fraction of sp³-hybridized carbons (Fsp3) is 0.364. The predicted molar refractivity (Wildman–Crippen MR) is 110 cm³/mol. The molecule has 0 fully saturated rings. The first-order valence-corrected chi connectivity index (χ1v) is 9.66. The predicted octanol–water partition coefficient (Wildman–Crippen LogP) is 4.21. The molecule has 0 aliphatic carbocycles. The molecule has 0 aromatic heterocycles. The first-order chi connectivity index (χ1) is 12.9. The first-order valence-electron chi connectivity index (χ1n) is 9.29. The average molecular weight is 387 g/mol. The van der Waals surface area contributed by atoms with E-state index in [-0.39, 0.29) is 24.3 Å². The van der Waals surface area contributed by atoms with Crippen molar-refractivity contribution in [3.63, 3.8) is 0 Å². The molecular formula is C22H27ClN2O2. The van der Waals surface area contributed by atoms with Crippen molar-refractivity contribution >= 4 is 23.4 Å². The molecule has 4 nitrogen and oxygen atoms in total. The van der Waals surface area contributed by atoms with Crippen LogP contribution in [0.1, 0.15) is 38.3 Å². The highest BCUT2D eigenvalue weighted by molar-refractivity contribution is 6.30. The van der Waals surface area contributed by atoms with Gasteiger partial charge < -0.3 is 10.2 Å². The minimum Gasteiger partial charge on any atom is -0.352 e. The van der Waals surface area contributed by atoms with E-state index in [1.54, 1.807) is 24.0 Å². The summed E-state index contributed by atoms with van der Waals surface area (Å²) in [5.41, 5.74) is 1.82. The van der Waals surface area contributed by atoms with Gasteiger partial charge in [0.05, 0.1) is 6.42 Å². The molecular weight excluding hydrogens is 360 g/mol. The minimum atomic E-state index is -0.564. The lowest BCUT2D eigenvalue weighted by atomic mass is 10.1. The summed E-state index contributed by atoms with van der Waals surface area (Å²) in [6.07, 6.45) is 1.04. The number of amides is 2. The van der Waals surface area contributed by atoms with Gasteiger partial charge in [-0.1, -0.05) is 61.0 Å². The normalized spacial score (nSPS) is 12.9. The number of rotatable bonds is 8. The minimum absolute atomic E-state index is 0.0709. The Morgan fingerprint density at radius 1 is 1.04 bits per heavy atom. The number of hydrogen-bond acceptors (Lipinski definition) is 2. The summed E-state index contributed by atoms with van der Waals surface area (Å²) < 4.78 is 0. The van der Waals surface area contributed by atoms with E-state index in [1.165, 1.54) is 0 Å². The van der Waals surface area contributed by atoms with Gasteiger partial charge in [0.15, 0.2) is 0 Å². The zero-order chi connectivity index (χ0) is 19.8. The molecule has 2 atom stereocenters. The van der Waals surface area contributed by atoms with Crippen LogP contribution in [0, 0.1) is 0 Å². The topological polar surface area (TPSA) is 49.4 Å². The highest BCUT2D eigenvalue weighted by atomic mass is 35.5. The lowest BCUT2D eigenvalue weighted by Gasteiger charge is -2.29. The molecule has 0 heterocycles. The van der Waals surface area contributed by atoms with E-state index in [9.17, 15) is 9.59 Å². The van der Waals surface area contributed by atoms with E-state index < -0.39 is 6.04 Å². The standard InChI is InChI=1S/C22H27ClN2O2/c1-4-16(2)24-22(27)17(3)25(15-18-9-6-5-7-10-18)21(26)14-19-11-8-12-20(23)13-19/h5-13,16-17H,4,14-15H2,1-3H3,(H,24,27)/t16-,17-/m1/s1. The summed E-state index contributed by atoms with van der Waals surface area (Å²) in [5, 5.41) is 3.56. The van der Waals surface area contributed by atoms with Crippen LogP contribution in [0.15, 0.2) is 54.6 Å². The van der Waals surface area contributed by atoms with E-state index in [2.05, 4.69) is 5.32 Å². The van der Waals surface area contributed by atoms with Gasteiger partial charge in [0.1, 0.15) is 6.04 Å². The number of nitrogens with zero attached hydrogens (tertiary/aromatic N) is 1. The Morgan fingerprint density at radius 2 is 1.70 bits per heavy atom. The van der Waals surface area contributed by atoms with Crippen LogP contribution in [0.4, 0.5) is 0 Å². The van der Waals surface area contributed by atoms with Crippen LogP contribution in [0.25, 0.3) is 0 Å². The van der Waals surface area contributed by atoms with Crippen molar-refractivity contribution in [2.75, 3.05) is 0 Å². The van der Waals surface area contributed by atoms with Gasteiger partial charge in [0.2, 0.25) is 11.8 Å².